The largest absolute Gasteiger partial charge is 0.259 e. The van der Waals surface area contributed by atoms with Crippen LogP contribution in [0.4, 0.5) is 0 Å². The van der Waals surface area contributed by atoms with E-state index in [1.807, 2.05) is 0 Å². The lowest BCUT2D eigenvalue weighted by atomic mass is 10.3. The quantitative estimate of drug-likeness (QED) is 0.461. The third-order valence-corrected chi connectivity index (χ3v) is 0.996. The smallest absolute Gasteiger partial charge is 0.235 e. The molecule has 0 saturated heterocycles. The van der Waals surface area contributed by atoms with Crippen molar-refractivity contribution >= 4 is 6.08 Å². The van der Waals surface area contributed by atoms with Crippen LogP contribution in [0, 0.1) is 10.1 Å². The summed E-state index contributed by atoms with van der Waals surface area (Å²) in [7, 11) is 0. The van der Waals surface area contributed by atoms with Gasteiger partial charge in [-0.15, -0.1) is 0 Å². The summed E-state index contributed by atoms with van der Waals surface area (Å²) in [5, 5.41) is 16.9. The molecule has 5 nitrogen and oxygen atoms in total. The van der Waals surface area contributed by atoms with Crippen LogP contribution in [-0.2, 0) is 0 Å². The molecule has 0 aliphatic rings. The molecule has 0 saturated carbocycles. The normalized spacial score (nSPS) is 10.2. The van der Waals surface area contributed by atoms with E-state index in [1.165, 1.54) is 18.5 Å². The molecule has 5 heteroatoms. The average Bonchev–Trinajstić information content (AvgIpc) is 2.03. The van der Waals surface area contributed by atoms with Crippen molar-refractivity contribution in [2.24, 2.45) is 0 Å². The Hall–Kier alpha value is -1.78. The number of hydrogen-bond donors (Lipinski definition) is 0. The summed E-state index contributed by atoms with van der Waals surface area (Å²) in [6.07, 6.45) is 5.13. The lowest BCUT2D eigenvalue weighted by Gasteiger charge is -1.84. The molecular formula is C6H5N3O2. The Labute approximate surface area is 62.5 Å². The van der Waals surface area contributed by atoms with E-state index in [1.54, 1.807) is 6.07 Å². The first-order valence-electron chi connectivity index (χ1n) is 2.87. The van der Waals surface area contributed by atoms with Gasteiger partial charge in [-0.25, -0.2) is 0 Å². The lowest BCUT2D eigenvalue weighted by Crippen LogP contribution is -1.83. The Morgan fingerprint density at radius 2 is 2.36 bits per heavy atom. The van der Waals surface area contributed by atoms with Crippen LogP contribution in [0.2, 0.25) is 0 Å². The lowest BCUT2D eigenvalue weighted by molar-refractivity contribution is -0.400. The van der Waals surface area contributed by atoms with Crippen molar-refractivity contribution in [3.63, 3.8) is 0 Å². The fourth-order valence-corrected chi connectivity index (χ4v) is 0.546. The highest BCUT2D eigenvalue weighted by Crippen LogP contribution is 1.96. The molecule has 0 amide bonds. The van der Waals surface area contributed by atoms with Crippen LogP contribution >= 0.6 is 0 Å². The number of nitrogens with zero attached hydrogens (tertiary/aromatic N) is 3. The molecule has 0 atom stereocenters. The number of hydrogen-bond acceptors (Lipinski definition) is 4. The highest BCUT2D eigenvalue weighted by atomic mass is 16.6. The third-order valence-electron chi connectivity index (χ3n) is 0.996. The van der Waals surface area contributed by atoms with Crippen molar-refractivity contribution in [3.8, 4) is 0 Å². The second-order valence-corrected chi connectivity index (χ2v) is 1.78. The Morgan fingerprint density at radius 3 is 2.91 bits per heavy atom. The van der Waals surface area contributed by atoms with E-state index in [2.05, 4.69) is 10.2 Å². The highest BCUT2D eigenvalue weighted by molar-refractivity contribution is 5.45. The summed E-state index contributed by atoms with van der Waals surface area (Å²) in [6, 6.07) is 1.63. The molecule has 1 heterocycles. The van der Waals surface area contributed by atoms with Crippen molar-refractivity contribution in [3.05, 3.63) is 40.3 Å². The van der Waals surface area contributed by atoms with Gasteiger partial charge in [0.1, 0.15) is 0 Å². The molecular weight excluding hydrogens is 146 g/mol. The minimum atomic E-state index is -0.527. The molecule has 0 spiro atoms. The molecule has 11 heavy (non-hydrogen) atoms. The second kappa shape index (κ2) is 3.40. The molecule has 1 aromatic heterocycles. The third kappa shape index (κ3) is 2.53. The van der Waals surface area contributed by atoms with Gasteiger partial charge < -0.3 is 0 Å². The van der Waals surface area contributed by atoms with Gasteiger partial charge in [0.2, 0.25) is 6.20 Å². The first-order valence-corrected chi connectivity index (χ1v) is 2.87. The van der Waals surface area contributed by atoms with Crippen LogP contribution in [0.25, 0.3) is 6.08 Å². The highest BCUT2D eigenvalue weighted by Gasteiger charge is 1.87. The minimum Gasteiger partial charge on any atom is -0.259 e. The average molecular weight is 151 g/mol. The molecule has 56 valence electrons. The van der Waals surface area contributed by atoms with Gasteiger partial charge >= 0.3 is 0 Å². The fourth-order valence-electron chi connectivity index (χ4n) is 0.546. The summed E-state index contributed by atoms with van der Waals surface area (Å²) >= 11 is 0. The van der Waals surface area contributed by atoms with Gasteiger partial charge in [-0.1, -0.05) is 0 Å². The topological polar surface area (TPSA) is 68.9 Å². The van der Waals surface area contributed by atoms with Crippen LogP contribution in [0.1, 0.15) is 5.56 Å². The molecule has 0 aliphatic heterocycles. The minimum absolute atomic E-state index is 0.527. The fraction of sp³-hybridized carbons (Fsp3) is 0. The monoisotopic (exact) mass is 151 g/mol. The van der Waals surface area contributed by atoms with Crippen molar-refractivity contribution in [1.29, 1.82) is 0 Å². The molecule has 0 aromatic carbocycles. The van der Waals surface area contributed by atoms with E-state index in [9.17, 15) is 10.1 Å². The molecule has 0 bridgehead atoms. The number of nitro groups is 1. The van der Waals surface area contributed by atoms with Gasteiger partial charge in [0.05, 0.1) is 17.3 Å². The Bertz CT molecular complexity index is 270. The van der Waals surface area contributed by atoms with Crippen molar-refractivity contribution in [2.75, 3.05) is 0 Å². The molecule has 1 rings (SSSR count). The first-order chi connectivity index (χ1) is 5.29. The maximum Gasteiger partial charge on any atom is 0.235 e. The van der Waals surface area contributed by atoms with E-state index in [0.29, 0.717) is 5.56 Å². The van der Waals surface area contributed by atoms with Crippen LogP contribution in [-0.4, -0.2) is 15.1 Å². The van der Waals surface area contributed by atoms with Gasteiger partial charge in [-0.2, -0.15) is 10.2 Å². The van der Waals surface area contributed by atoms with Crippen molar-refractivity contribution in [2.45, 2.75) is 0 Å². The Kier molecular flexibility index (Phi) is 2.27. The van der Waals surface area contributed by atoms with Crippen LogP contribution in [0.5, 0.6) is 0 Å². The molecule has 0 N–H and O–H groups in total. The van der Waals surface area contributed by atoms with E-state index >= 15 is 0 Å². The van der Waals surface area contributed by atoms with Gasteiger partial charge in [0, 0.05) is 11.6 Å². The SMILES string of the molecule is O=[N+]([O-])/C=C/c1ccnnc1. The zero-order valence-electron chi connectivity index (χ0n) is 5.54. The maximum absolute atomic E-state index is 9.86. The van der Waals surface area contributed by atoms with Gasteiger partial charge in [0.15, 0.2) is 0 Å². The summed E-state index contributed by atoms with van der Waals surface area (Å²) in [6.45, 7) is 0. The molecule has 0 radical (unpaired) electrons. The second-order valence-electron chi connectivity index (χ2n) is 1.78. The van der Waals surface area contributed by atoms with Crippen molar-refractivity contribution in [1.82, 2.24) is 10.2 Å². The van der Waals surface area contributed by atoms with Crippen LogP contribution in [0.15, 0.2) is 24.7 Å². The van der Waals surface area contributed by atoms with Gasteiger partial charge in [0.25, 0.3) is 0 Å². The zero-order valence-corrected chi connectivity index (χ0v) is 5.54. The van der Waals surface area contributed by atoms with Crippen molar-refractivity contribution < 1.29 is 4.92 Å². The summed E-state index contributed by atoms with van der Waals surface area (Å²) < 4.78 is 0. The Morgan fingerprint density at radius 1 is 1.55 bits per heavy atom. The summed E-state index contributed by atoms with van der Waals surface area (Å²) in [4.78, 5) is 9.33. The molecule has 0 fully saturated rings. The first kappa shape index (κ1) is 7.33. The maximum atomic E-state index is 9.86. The predicted octanol–water partition coefficient (Wildman–Crippen LogP) is 0.724. The molecule has 0 unspecified atom stereocenters. The number of rotatable bonds is 2. The predicted molar refractivity (Wildman–Crippen MR) is 38.1 cm³/mol. The summed E-state index contributed by atoms with van der Waals surface area (Å²) in [5.41, 5.74) is 0.664. The zero-order chi connectivity index (χ0) is 8.10. The molecule has 1 aromatic rings. The molecule has 0 aliphatic carbocycles. The Balaban J connectivity index is 2.72. The summed E-state index contributed by atoms with van der Waals surface area (Å²) in [5.74, 6) is 0. The standard InChI is InChI=1S/C6H5N3O2/c10-9(11)4-2-6-1-3-7-8-5-6/h1-5H/b4-2+. The van der Waals surface area contributed by atoms with Gasteiger partial charge in [-0.05, 0) is 6.07 Å². The van der Waals surface area contributed by atoms with Gasteiger partial charge in [-0.3, -0.25) is 10.1 Å². The van der Waals surface area contributed by atoms with E-state index in [0.717, 1.165) is 6.20 Å². The van der Waals surface area contributed by atoms with E-state index in [4.69, 9.17) is 0 Å². The van der Waals surface area contributed by atoms with Crippen LogP contribution in [0.3, 0.4) is 0 Å². The van der Waals surface area contributed by atoms with Crippen LogP contribution < -0.4 is 0 Å². The van der Waals surface area contributed by atoms with E-state index < -0.39 is 4.92 Å². The van der Waals surface area contributed by atoms with E-state index in [-0.39, 0.29) is 0 Å². The number of aromatic nitrogens is 2.